The van der Waals surface area contributed by atoms with Gasteiger partial charge in [0.15, 0.2) is 0 Å². The first-order chi connectivity index (χ1) is 10.0. The van der Waals surface area contributed by atoms with Crippen LogP contribution in [0.3, 0.4) is 0 Å². The minimum Gasteiger partial charge on any atom is -0.497 e. The molecule has 6 heteroatoms. The topological polar surface area (TPSA) is 79.7 Å². The van der Waals surface area contributed by atoms with E-state index in [1.165, 1.54) is 23.2 Å². The number of pyridine rings is 1. The highest BCUT2D eigenvalue weighted by molar-refractivity contribution is 6.05. The summed E-state index contributed by atoms with van der Waals surface area (Å²) in [5.74, 6) is -0.769. The van der Waals surface area contributed by atoms with E-state index in [0.29, 0.717) is 17.0 Å². The number of benzene rings is 1. The zero-order chi connectivity index (χ0) is 15.4. The number of carboxylic acid groups (broad SMARTS) is 1. The van der Waals surface area contributed by atoms with Crippen molar-refractivity contribution in [3.05, 3.63) is 53.9 Å². The lowest BCUT2D eigenvalue weighted by molar-refractivity contribution is 0.0690. The average Bonchev–Trinajstić information content (AvgIpc) is 2.53. The third-order valence-electron chi connectivity index (χ3n) is 2.97. The largest absolute Gasteiger partial charge is 0.497 e. The first kappa shape index (κ1) is 14.5. The van der Waals surface area contributed by atoms with Crippen LogP contribution in [0.5, 0.6) is 5.75 Å². The predicted molar refractivity (Wildman–Crippen MR) is 76.9 cm³/mol. The third kappa shape index (κ3) is 3.17. The second kappa shape index (κ2) is 6.04. The second-order valence-corrected chi connectivity index (χ2v) is 4.30. The molecule has 0 radical (unpaired) electrons. The summed E-state index contributed by atoms with van der Waals surface area (Å²) in [4.78, 5) is 28.2. The maximum absolute atomic E-state index is 12.3. The van der Waals surface area contributed by atoms with Crippen molar-refractivity contribution in [3.8, 4) is 5.75 Å². The Morgan fingerprint density at radius 1 is 1.24 bits per heavy atom. The van der Waals surface area contributed by atoms with E-state index in [9.17, 15) is 9.59 Å². The van der Waals surface area contributed by atoms with Crippen LogP contribution in [0.25, 0.3) is 0 Å². The predicted octanol–water partition coefficient (Wildman–Crippen LogP) is 2.06. The van der Waals surface area contributed by atoms with Gasteiger partial charge in [0.25, 0.3) is 5.91 Å². The molecule has 108 valence electrons. The maximum Gasteiger partial charge on any atom is 0.354 e. The molecule has 1 amide bonds. The number of carboxylic acids is 1. The fourth-order valence-corrected chi connectivity index (χ4v) is 1.78. The third-order valence-corrected chi connectivity index (χ3v) is 2.97. The van der Waals surface area contributed by atoms with Crippen LogP contribution >= 0.6 is 0 Å². The molecule has 0 unspecified atom stereocenters. The van der Waals surface area contributed by atoms with Gasteiger partial charge in [-0.1, -0.05) is 6.07 Å². The van der Waals surface area contributed by atoms with Crippen molar-refractivity contribution >= 4 is 17.6 Å². The summed E-state index contributed by atoms with van der Waals surface area (Å²) < 4.78 is 5.12. The van der Waals surface area contributed by atoms with Gasteiger partial charge < -0.3 is 14.7 Å². The number of anilines is 1. The van der Waals surface area contributed by atoms with Gasteiger partial charge >= 0.3 is 5.97 Å². The van der Waals surface area contributed by atoms with Crippen molar-refractivity contribution in [1.29, 1.82) is 0 Å². The van der Waals surface area contributed by atoms with E-state index in [4.69, 9.17) is 9.84 Å². The SMILES string of the molecule is COc1cccc(N(C)C(=O)c2ccc(C(=O)O)nc2)c1. The molecule has 0 aliphatic carbocycles. The smallest absolute Gasteiger partial charge is 0.354 e. The van der Waals surface area contributed by atoms with Crippen molar-refractivity contribution in [1.82, 2.24) is 4.98 Å². The molecule has 1 N–H and O–H groups in total. The average molecular weight is 286 g/mol. The fraction of sp³-hybridized carbons (Fsp3) is 0.133. The van der Waals surface area contributed by atoms with E-state index in [0.717, 1.165) is 0 Å². The maximum atomic E-state index is 12.3. The lowest BCUT2D eigenvalue weighted by Gasteiger charge is -2.18. The van der Waals surface area contributed by atoms with Crippen molar-refractivity contribution in [2.75, 3.05) is 19.1 Å². The molecule has 0 aliphatic heterocycles. The monoisotopic (exact) mass is 286 g/mol. The van der Waals surface area contributed by atoms with Crippen LogP contribution in [0, 0.1) is 0 Å². The first-order valence-electron chi connectivity index (χ1n) is 6.14. The van der Waals surface area contributed by atoms with Crippen LogP contribution in [0.4, 0.5) is 5.69 Å². The van der Waals surface area contributed by atoms with Gasteiger partial charge in [0.05, 0.1) is 12.7 Å². The molecule has 0 bridgehead atoms. The van der Waals surface area contributed by atoms with Gasteiger partial charge in [-0.15, -0.1) is 0 Å². The number of nitrogens with zero attached hydrogens (tertiary/aromatic N) is 2. The molecule has 21 heavy (non-hydrogen) atoms. The van der Waals surface area contributed by atoms with Gasteiger partial charge in [0, 0.05) is 25.0 Å². The Labute approximate surface area is 121 Å². The number of methoxy groups -OCH3 is 1. The number of rotatable bonds is 4. The van der Waals surface area contributed by atoms with Crippen LogP contribution in [0.1, 0.15) is 20.8 Å². The second-order valence-electron chi connectivity index (χ2n) is 4.30. The quantitative estimate of drug-likeness (QED) is 0.930. The number of hydrogen-bond acceptors (Lipinski definition) is 4. The first-order valence-corrected chi connectivity index (χ1v) is 6.14. The van der Waals surface area contributed by atoms with Gasteiger partial charge in [-0.05, 0) is 24.3 Å². The van der Waals surface area contributed by atoms with E-state index in [1.54, 1.807) is 38.4 Å². The van der Waals surface area contributed by atoms with E-state index in [2.05, 4.69) is 4.98 Å². The number of amides is 1. The molecule has 0 aliphatic rings. The van der Waals surface area contributed by atoms with Crippen LogP contribution in [0.15, 0.2) is 42.6 Å². The summed E-state index contributed by atoms with van der Waals surface area (Å²) in [5, 5.41) is 8.79. The highest BCUT2D eigenvalue weighted by Gasteiger charge is 2.15. The lowest BCUT2D eigenvalue weighted by Crippen LogP contribution is -2.26. The Bertz CT molecular complexity index is 668. The molecule has 0 atom stereocenters. The number of carbonyl (C=O) groups is 2. The molecule has 2 rings (SSSR count). The van der Waals surface area contributed by atoms with Crippen molar-refractivity contribution < 1.29 is 19.4 Å². The van der Waals surface area contributed by atoms with Gasteiger partial charge in [0.2, 0.25) is 0 Å². The molecule has 6 nitrogen and oxygen atoms in total. The number of aromatic nitrogens is 1. The Balaban J connectivity index is 2.23. The molecule has 2 aromatic rings. The standard InChI is InChI=1S/C15H14N2O4/c1-17(11-4-3-5-12(8-11)21-2)14(18)10-6-7-13(15(19)20)16-9-10/h3-9H,1-2H3,(H,19,20). The number of ether oxygens (including phenoxy) is 1. The summed E-state index contributed by atoms with van der Waals surface area (Å²) >= 11 is 0. The molecule has 1 aromatic heterocycles. The summed E-state index contributed by atoms with van der Waals surface area (Å²) in [6, 6.07) is 9.82. The highest BCUT2D eigenvalue weighted by atomic mass is 16.5. The molecule has 1 aromatic carbocycles. The normalized spacial score (nSPS) is 10.0. The van der Waals surface area contributed by atoms with Crippen LogP contribution < -0.4 is 9.64 Å². The molecular weight excluding hydrogens is 272 g/mol. The van der Waals surface area contributed by atoms with Crippen molar-refractivity contribution in [2.45, 2.75) is 0 Å². The Hall–Kier alpha value is -2.89. The minimum atomic E-state index is -1.13. The summed E-state index contributed by atoms with van der Waals surface area (Å²) in [5.41, 5.74) is 0.877. The Morgan fingerprint density at radius 2 is 2.00 bits per heavy atom. The van der Waals surface area contributed by atoms with Crippen molar-refractivity contribution in [2.24, 2.45) is 0 Å². The van der Waals surface area contributed by atoms with Crippen LogP contribution in [-0.4, -0.2) is 36.1 Å². The zero-order valence-electron chi connectivity index (χ0n) is 11.6. The molecule has 0 spiro atoms. The van der Waals surface area contributed by atoms with Crippen molar-refractivity contribution in [3.63, 3.8) is 0 Å². The number of carbonyl (C=O) groups excluding carboxylic acids is 1. The molecular formula is C15H14N2O4. The zero-order valence-corrected chi connectivity index (χ0v) is 11.6. The van der Waals surface area contributed by atoms with Gasteiger partial charge in [-0.3, -0.25) is 4.79 Å². The molecule has 0 saturated heterocycles. The Morgan fingerprint density at radius 3 is 2.57 bits per heavy atom. The number of hydrogen-bond donors (Lipinski definition) is 1. The fourth-order valence-electron chi connectivity index (χ4n) is 1.78. The summed E-state index contributed by atoms with van der Waals surface area (Å²) in [7, 11) is 3.18. The highest BCUT2D eigenvalue weighted by Crippen LogP contribution is 2.21. The molecule has 1 heterocycles. The van der Waals surface area contributed by atoms with E-state index in [-0.39, 0.29) is 11.6 Å². The number of aromatic carboxylic acids is 1. The van der Waals surface area contributed by atoms with E-state index >= 15 is 0 Å². The van der Waals surface area contributed by atoms with Gasteiger partial charge in [-0.2, -0.15) is 0 Å². The van der Waals surface area contributed by atoms with E-state index < -0.39 is 5.97 Å². The lowest BCUT2D eigenvalue weighted by atomic mass is 10.2. The molecule has 0 fully saturated rings. The van der Waals surface area contributed by atoms with Gasteiger partial charge in [0.1, 0.15) is 11.4 Å². The molecule has 0 saturated carbocycles. The van der Waals surface area contributed by atoms with Crippen LogP contribution in [0.2, 0.25) is 0 Å². The minimum absolute atomic E-state index is 0.101. The Kier molecular flexibility index (Phi) is 4.18. The van der Waals surface area contributed by atoms with Gasteiger partial charge in [-0.25, -0.2) is 9.78 Å². The van der Waals surface area contributed by atoms with Crippen LogP contribution in [-0.2, 0) is 0 Å². The van der Waals surface area contributed by atoms with E-state index in [1.807, 2.05) is 0 Å². The summed E-state index contributed by atoms with van der Waals surface area (Å²) in [6.45, 7) is 0. The summed E-state index contributed by atoms with van der Waals surface area (Å²) in [6.07, 6.45) is 1.25.